The lowest BCUT2D eigenvalue weighted by molar-refractivity contribution is -0.383. The molecular weight excluding hydrogens is 312 g/mol. The van der Waals surface area contributed by atoms with Crippen LogP contribution in [-0.2, 0) is 0 Å². The van der Waals surface area contributed by atoms with Crippen LogP contribution in [0.3, 0.4) is 0 Å². The second-order valence-electron chi connectivity index (χ2n) is 5.00. The first-order valence-electron chi connectivity index (χ1n) is 7.04. The fourth-order valence-electron chi connectivity index (χ4n) is 2.37. The zero-order valence-electron chi connectivity index (χ0n) is 12.1. The first kappa shape index (κ1) is 15.5. The molecule has 0 spiro atoms. The summed E-state index contributed by atoms with van der Waals surface area (Å²) in [5.41, 5.74) is 0.897. The quantitative estimate of drug-likeness (QED) is 0.436. The Hall–Kier alpha value is -2.44. The number of hydrogen-bond donors (Lipinski definition) is 1. The lowest BCUT2D eigenvalue weighted by Crippen LogP contribution is -2.00. The van der Waals surface area contributed by atoms with Gasteiger partial charge in [0.25, 0.3) is 5.69 Å². The van der Waals surface area contributed by atoms with Crippen LogP contribution in [0.4, 0.5) is 5.69 Å². The van der Waals surface area contributed by atoms with Crippen molar-refractivity contribution in [1.29, 1.82) is 0 Å². The molecule has 1 atom stereocenters. The van der Waals surface area contributed by atoms with Crippen molar-refractivity contribution in [2.24, 2.45) is 0 Å². The van der Waals surface area contributed by atoms with Gasteiger partial charge in [-0.25, -0.2) is 0 Å². The van der Waals surface area contributed by atoms with Crippen molar-refractivity contribution in [2.75, 3.05) is 5.75 Å². The van der Waals surface area contributed by atoms with Crippen LogP contribution in [0.25, 0.3) is 10.8 Å². The molecule has 2 aromatic carbocycles. The van der Waals surface area contributed by atoms with Crippen LogP contribution < -0.4 is 0 Å². The van der Waals surface area contributed by atoms with Crippen molar-refractivity contribution in [3.8, 4) is 0 Å². The molecule has 0 aliphatic heterocycles. The molecule has 1 N–H and O–H groups in total. The number of rotatable bonds is 5. The normalized spacial score (nSPS) is 12.2. The second-order valence-corrected chi connectivity index (χ2v) is 6.06. The van der Waals surface area contributed by atoms with E-state index in [4.69, 9.17) is 0 Å². The number of aromatic nitrogens is 1. The summed E-state index contributed by atoms with van der Waals surface area (Å²) >= 11 is 1.47. The first-order valence-corrected chi connectivity index (χ1v) is 8.02. The summed E-state index contributed by atoms with van der Waals surface area (Å²) in [6, 6.07) is 14.4. The molecule has 0 saturated carbocycles. The van der Waals surface area contributed by atoms with Gasteiger partial charge in [-0.1, -0.05) is 30.3 Å². The molecule has 116 valence electrons. The fourth-order valence-corrected chi connectivity index (χ4v) is 3.40. The summed E-state index contributed by atoms with van der Waals surface area (Å²) < 4.78 is 0. The smallest absolute Gasteiger partial charge is 0.278 e. The van der Waals surface area contributed by atoms with Crippen molar-refractivity contribution in [3.05, 3.63) is 76.6 Å². The minimum absolute atomic E-state index is 0.0426. The number of nitro benzene ring substituents is 1. The standard InChI is InChI=1S/C17H14N2O3S/c20-16(12-4-2-1-3-5-12)11-23-17-7-6-15(19(21)22)14-10-18-9-8-13(14)17/h1-10,16,20H,11H2. The number of fused-ring (bicyclic) bond motifs is 1. The van der Waals surface area contributed by atoms with E-state index in [-0.39, 0.29) is 5.69 Å². The largest absolute Gasteiger partial charge is 0.388 e. The van der Waals surface area contributed by atoms with Crippen LogP contribution in [-0.4, -0.2) is 20.8 Å². The van der Waals surface area contributed by atoms with E-state index in [0.29, 0.717) is 11.1 Å². The van der Waals surface area contributed by atoms with Crippen LogP contribution in [0.5, 0.6) is 0 Å². The van der Waals surface area contributed by atoms with E-state index >= 15 is 0 Å². The van der Waals surface area contributed by atoms with Crippen LogP contribution in [0.2, 0.25) is 0 Å². The number of aliphatic hydroxyl groups is 1. The maximum Gasteiger partial charge on any atom is 0.278 e. The highest BCUT2D eigenvalue weighted by molar-refractivity contribution is 7.99. The summed E-state index contributed by atoms with van der Waals surface area (Å²) in [6.07, 6.45) is 2.53. The molecule has 0 radical (unpaired) electrons. The third-order valence-corrected chi connectivity index (χ3v) is 4.68. The molecule has 6 heteroatoms. The molecule has 0 aliphatic rings. The number of nitrogens with zero attached hydrogens (tertiary/aromatic N) is 2. The van der Waals surface area contributed by atoms with Gasteiger partial charge in [-0.3, -0.25) is 15.1 Å². The first-order chi connectivity index (χ1) is 11.2. The summed E-state index contributed by atoms with van der Waals surface area (Å²) in [5.74, 6) is 0.471. The van der Waals surface area contributed by atoms with Crippen LogP contribution in [0.1, 0.15) is 11.7 Å². The monoisotopic (exact) mass is 326 g/mol. The Morgan fingerprint density at radius 3 is 2.65 bits per heavy atom. The summed E-state index contributed by atoms with van der Waals surface area (Å²) in [4.78, 5) is 15.6. The minimum atomic E-state index is -0.590. The molecule has 0 fully saturated rings. The highest BCUT2D eigenvalue weighted by Gasteiger charge is 2.15. The number of hydrogen-bond acceptors (Lipinski definition) is 5. The summed E-state index contributed by atoms with van der Waals surface area (Å²) in [5, 5.41) is 22.7. The molecular formula is C17H14N2O3S. The Labute approximate surface area is 137 Å². The zero-order valence-corrected chi connectivity index (χ0v) is 12.9. The van der Waals surface area contributed by atoms with Crippen molar-refractivity contribution >= 4 is 28.2 Å². The topological polar surface area (TPSA) is 76.3 Å². The van der Waals surface area contributed by atoms with Gasteiger partial charge < -0.3 is 5.11 Å². The molecule has 0 bridgehead atoms. The number of aliphatic hydroxyl groups excluding tert-OH is 1. The molecule has 0 aliphatic carbocycles. The number of thioether (sulfide) groups is 1. The minimum Gasteiger partial charge on any atom is -0.388 e. The van der Waals surface area contributed by atoms with Crippen LogP contribution >= 0.6 is 11.8 Å². The van der Waals surface area contributed by atoms with E-state index in [9.17, 15) is 15.2 Å². The number of pyridine rings is 1. The lowest BCUT2D eigenvalue weighted by atomic mass is 10.1. The van der Waals surface area contributed by atoms with Crippen molar-refractivity contribution < 1.29 is 10.0 Å². The zero-order chi connectivity index (χ0) is 16.2. The number of non-ortho nitro benzene ring substituents is 1. The van der Waals surface area contributed by atoms with Crippen molar-refractivity contribution in [1.82, 2.24) is 4.98 Å². The molecule has 3 rings (SSSR count). The van der Waals surface area contributed by atoms with Gasteiger partial charge in [0.15, 0.2) is 0 Å². The van der Waals surface area contributed by atoms with Gasteiger partial charge in [0.05, 0.1) is 16.4 Å². The highest BCUT2D eigenvalue weighted by Crippen LogP contribution is 2.34. The van der Waals surface area contributed by atoms with Gasteiger partial charge in [-0.2, -0.15) is 0 Å². The number of benzene rings is 2. The van der Waals surface area contributed by atoms with Crippen LogP contribution in [0.15, 0.2) is 65.8 Å². The molecule has 1 aromatic heterocycles. The highest BCUT2D eigenvalue weighted by atomic mass is 32.2. The van der Waals surface area contributed by atoms with Gasteiger partial charge >= 0.3 is 0 Å². The van der Waals surface area contributed by atoms with Gasteiger partial charge in [0.1, 0.15) is 0 Å². The van der Waals surface area contributed by atoms with E-state index in [0.717, 1.165) is 15.8 Å². The predicted molar refractivity (Wildman–Crippen MR) is 90.5 cm³/mol. The second kappa shape index (κ2) is 6.76. The average Bonchev–Trinajstić information content (AvgIpc) is 2.59. The van der Waals surface area contributed by atoms with Gasteiger partial charge in [0.2, 0.25) is 0 Å². The Balaban J connectivity index is 1.87. The molecule has 1 unspecified atom stereocenters. The fraction of sp³-hybridized carbons (Fsp3) is 0.118. The average molecular weight is 326 g/mol. The van der Waals surface area contributed by atoms with Crippen molar-refractivity contribution in [2.45, 2.75) is 11.0 Å². The maximum atomic E-state index is 11.1. The molecule has 0 amide bonds. The number of nitro groups is 1. The maximum absolute atomic E-state index is 11.1. The van der Waals surface area contributed by atoms with Gasteiger partial charge in [0, 0.05) is 34.5 Å². The summed E-state index contributed by atoms with van der Waals surface area (Å²) in [7, 11) is 0. The van der Waals surface area contributed by atoms with E-state index in [1.165, 1.54) is 24.0 Å². The lowest BCUT2D eigenvalue weighted by Gasteiger charge is -2.12. The van der Waals surface area contributed by atoms with Crippen molar-refractivity contribution in [3.63, 3.8) is 0 Å². The molecule has 3 aromatic rings. The molecule has 5 nitrogen and oxygen atoms in total. The third-order valence-electron chi connectivity index (χ3n) is 3.53. The van der Waals surface area contributed by atoms with E-state index in [1.807, 2.05) is 30.3 Å². The van der Waals surface area contributed by atoms with Crippen LogP contribution in [0, 0.1) is 10.1 Å². The Bertz CT molecular complexity index is 840. The Kier molecular flexibility index (Phi) is 4.55. The van der Waals surface area contributed by atoms with Gasteiger partial charge in [-0.15, -0.1) is 11.8 Å². The Morgan fingerprint density at radius 2 is 1.91 bits per heavy atom. The molecule has 0 saturated heterocycles. The SMILES string of the molecule is O=[N+]([O-])c1ccc(SCC(O)c2ccccc2)c2ccncc12. The van der Waals surface area contributed by atoms with E-state index in [2.05, 4.69) is 4.98 Å². The molecule has 23 heavy (non-hydrogen) atoms. The Morgan fingerprint density at radius 1 is 1.13 bits per heavy atom. The third kappa shape index (κ3) is 3.33. The summed E-state index contributed by atoms with van der Waals surface area (Å²) in [6.45, 7) is 0. The predicted octanol–water partition coefficient (Wildman–Crippen LogP) is 3.97. The van der Waals surface area contributed by atoms with Gasteiger partial charge in [-0.05, 0) is 17.7 Å². The van der Waals surface area contributed by atoms with E-state index < -0.39 is 11.0 Å². The van der Waals surface area contributed by atoms with E-state index in [1.54, 1.807) is 18.3 Å². The molecule has 1 heterocycles.